The van der Waals surface area contributed by atoms with Crippen molar-refractivity contribution in [1.82, 2.24) is 14.5 Å². The topological polar surface area (TPSA) is 84.2 Å². The minimum absolute atomic E-state index is 0.0736. The first-order valence-corrected chi connectivity index (χ1v) is 9.95. The Bertz CT molecular complexity index is 815. The van der Waals surface area contributed by atoms with Crippen LogP contribution in [0.2, 0.25) is 5.15 Å². The molecule has 28 heavy (non-hydrogen) atoms. The molecule has 1 heterocycles. The molecule has 0 aromatic carbocycles. The lowest BCUT2D eigenvalue weighted by Crippen LogP contribution is -2.62. The van der Waals surface area contributed by atoms with Gasteiger partial charge in [-0.15, -0.1) is 0 Å². The highest BCUT2D eigenvalue weighted by Crippen LogP contribution is 2.51. The molecule has 2 rings (SSSR count). The Morgan fingerprint density at radius 1 is 1.11 bits per heavy atom. The van der Waals surface area contributed by atoms with Crippen LogP contribution in [0.1, 0.15) is 31.2 Å². The van der Waals surface area contributed by atoms with Gasteiger partial charge in [-0.2, -0.15) is 31.4 Å². The summed E-state index contributed by atoms with van der Waals surface area (Å²) in [5.41, 5.74) is -4.68. The van der Waals surface area contributed by atoms with Gasteiger partial charge in [0.05, 0.1) is 0 Å². The summed E-state index contributed by atoms with van der Waals surface area (Å²) in [6.45, 7) is 1.41. The van der Waals surface area contributed by atoms with Gasteiger partial charge in [-0.25, -0.2) is 13.1 Å². The average Bonchev–Trinajstić information content (AvgIpc) is 2.80. The molecule has 162 valence electrons. The molecule has 2 N–H and O–H groups in total. The van der Waals surface area contributed by atoms with Crippen molar-refractivity contribution in [3.05, 3.63) is 10.7 Å². The normalized spacial score (nSPS) is 22.5. The smallest absolute Gasteiger partial charge is 0.373 e. The summed E-state index contributed by atoms with van der Waals surface area (Å²) in [6.07, 6.45) is -13.7. The lowest BCUT2D eigenvalue weighted by molar-refractivity contribution is -0.387. The molecule has 6 nitrogen and oxygen atoms in total. The van der Waals surface area contributed by atoms with E-state index in [1.54, 1.807) is 0 Å². The molecule has 0 atom stereocenters. The predicted octanol–water partition coefficient (Wildman–Crippen LogP) is 3.07. The zero-order valence-corrected chi connectivity index (χ0v) is 16.3. The molecule has 0 saturated heterocycles. The van der Waals surface area contributed by atoms with E-state index in [2.05, 4.69) is 9.82 Å². The van der Waals surface area contributed by atoms with Gasteiger partial charge in [-0.1, -0.05) is 11.6 Å². The van der Waals surface area contributed by atoms with Gasteiger partial charge in [0.15, 0.2) is 5.03 Å². The van der Waals surface area contributed by atoms with E-state index in [0.29, 0.717) is 0 Å². The van der Waals surface area contributed by atoms with Gasteiger partial charge in [0.1, 0.15) is 5.15 Å². The third-order valence-corrected chi connectivity index (χ3v) is 6.98. The Hall–Kier alpha value is -1.05. The Labute approximate surface area is 161 Å². The summed E-state index contributed by atoms with van der Waals surface area (Å²) in [5.74, 6) is -2.13. The van der Waals surface area contributed by atoms with Gasteiger partial charge >= 0.3 is 12.4 Å². The van der Waals surface area contributed by atoms with Crippen molar-refractivity contribution in [2.45, 2.75) is 61.6 Å². The third-order valence-electron chi connectivity index (χ3n) is 4.91. The monoisotopic (exact) mass is 457 g/mol. The fraction of sp³-hybridized carbons (Fsp3) is 0.786. The van der Waals surface area contributed by atoms with Crippen molar-refractivity contribution < 1.29 is 39.9 Å². The summed E-state index contributed by atoms with van der Waals surface area (Å²) >= 11 is 5.87. The summed E-state index contributed by atoms with van der Waals surface area (Å²) in [5, 5.41) is 12.9. The van der Waals surface area contributed by atoms with Gasteiger partial charge in [0, 0.05) is 24.6 Å². The number of aromatic nitrogens is 2. The average molecular weight is 458 g/mol. The fourth-order valence-electron chi connectivity index (χ4n) is 3.37. The molecule has 1 aliphatic carbocycles. The highest BCUT2D eigenvalue weighted by atomic mass is 35.5. The number of hydrogen-bond donors (Lipinski definition) is 2. The maximum absolute atomic E-state index is 13.0. The molecule has 0 radical (unpaired) electrons. The standard InChI is InChI=1S/C14H18ClF6N3O3S/c1-7-10(15)24(2)22-11(7)28(26,27)23-9-5-3-8(4-6-9)12(25,13(16,17)18)14(19,20)21/h8-9,23,25H,3-6H2,1-2H3. The SMILES string of the molecule is Cc1c(S(=O)(=O)NC2CCC(C(O)(C(F)(F)F)C(F)(F)F)CC2)nn(C)c1Cl. The van der Waals surface area contributed by atoms with Crippen molar-refractivity contribution in [2.24, 2.45) is 13.0 Å². The van der Waals surface area contributed by atoms with Crippen molar-refractivity contribution in [1.29, 1.82) is 0 Å². The first kappa shape index (κ1) is 23.2. The summed E-state index contributed by atoms with van der Waals surface area (Å²) in [4.78, 5) is 0. The van der Waals surface area contributed by atoms with Crippen LogP contribution >= 0.6 is 11.6 Å². The lowest BCUT2D eigenvalue weighted by Gasteiger charge is -2.41. The molecule has 1 aliphatic rings. The van der Waals surface area contributed by atoms with E-state index in [4.69, 9.17) is 11.6 Å². The maximum Gasteiger partial charge on any atom is 0.426 e. The fourth-order valence-corrected chi connectivity index (χ4v) is 5.07. The highest BCUT2D eigenvalue weighted by Gasteiger charge is 2.73. The Kier molecular flexibility index (Phi) is 6.08. The number of alkyl halides is 6. The number of halogens is 7. The second kappa shape index (κ2) is 7.33. The van der Waals surface area contributed by atoms with Crippen LogP contribution in [0.3, 0.4) is 0 Å². The molecule has 0 aliphatic heterocycles. The van der Waals surface area contributed by atoms with Crippen molar-refractivity contribution in [3.63, 3.8) is 0 Å². The molecular formula is C14H18ClF6N3O3S. The number of aliphatic hydroxyl groups is 1. The molecular weight excluding hydrogens is 440 g/mol. The summed E-state index contributed by atoms with van der Waals surface area (Å²) in [7, 11) is -2.76. The molecule has 0 spiro atoms. The van der Waals surface area contributed by atoms with E-state index in [9.17, 15) is 39.9 Å². The van der Waals surface area contributed by atoms with Gasteiger partial charge in [-0.05, 0) is 32.6 Å². The second-order valence-corrected chi connectivity index (χ2v) is 8.76. The molecule has 14 heteroatoms. The van der Waals surface area contributed by atoms with E-state index in [0.717, 1.165) is 4.68 Å². The van der Waals surface area contributed by atoms with Gasteiger partial charge in [0.2, 0.25) is 0 Å². The van der Waals surface area contributed by atoms with Crippen LogP contribution in [-0.2, 0) is 17.1 Å². The summed E-state index contributed by atoms with van der Waals surface area (Å²) in [6, 6.07) is -0.896. The molecule has 1 aromatic heterocycles. The number of aryl methyl sites for hydroxylation is 1. The van der Waals surface area contributed by atoms with Crippen LogP contribution in [0, 0.1) is 12.8 Å². The highest BCUT2D eigenvalue weighted by molar-refractivity contribution is 7.89. The van der Waals surface area contributed by atoms with E-state index in [1.807, 2.05) is 0 Å². The largest absolute Gasteiger partial charge is 0.426 e. The first-order chi connectivity index (χ1) is 12.5. The second-order valence-electron chi connectivity index (χ2n) is 6.78. The van der Waals surface area contributed by atoms with Crippen LogP contribution in [-0.4, -0.2) is 47.3 Å². The van der Waals surface area contributed by atoms with Crippen LogP contribution in [0.4, 0.5) is 26.3 Å². The van der Waals surface area contributed by atoms with Gasteiger partial charge < -0.3 is 5.11 Å². The van der Waals surface area contributed by atoms with Crippen LogP contribution in [0.5, 0.6) is 0 Å². The van der Waals surface area contributed by atoms with Crippen molar-refractivity contribution >= 4 is 21.6 Å². The number of rotatable bonds is 4. The zero-order chi connectivity index (χ0) is 21.7. The van der Waals surface area contributed by atoms with E-state index >= 15 is 0 Å². The molecule has 1 aromatic rings. The molecule has 0 unspecified atom stereocenters. The lowest BCUT2D eigenvalue weighted by atomic mass is 9.74. The van der Waals surface area contributed by atoms with Crippen molar-refractivity contribution in [3.8, 4) is 0 Å². The molecule has 0 bridgehead atoms. The van der Waals surface area contributed by atoms with E-state index in [1.165, 1.54) is 14.0 Å². The van der Waals surface area contributed by atoms with Crippen LogP contribution < -0.4 is 4.72 Å². The van der Waals surface area contributed by atoms with Gasteiger partial charge in [-0.3, -0.25) is 4.68 Å². The van der Waals surface area contributed by atoms with E-state index < -0.39 is 52.8 Å². The Morgan fingerprint density at radius 3 is 1.93 bits per heavy atom. The number of hydrogen-bond acceptors (Lipinski definition) is 4. The van der Waals surface area contributed by atoms with Crippen LogP contribution in [0.25, 0.3) is 0 Å². The van der Waals surface area contributed by atoms with Crippen molar-refractivity contribution in [2.75, 3.05) is 0 Å². The molecule has 0 amide bonds. The number of sulfonamides is 1. The third kappa shape index (κ3) is 3.98. The number of nitrogens with zero attached hydrogens (tertiary/aromatic N) is 2. The molecule has 1 fully saturated rings. The summed E-state index contributed by atoms with van der Waals surface area (Å²) < 4.78 is 106. The van der Waals surface area contributed by atoms with E-state index in [-0.39, 0.29) is 28.6 Å². The van der Waals surface area contributed by atoms with Gasteiger partial charge in [0.25, 0.3) is 15.6 Å². The quantitative estimate of drug-likeness (QED) is 0.681. The minimum Gasteiger partial charge on any atom is -0.373 e. The maximum atomic E-state index is 13.0. The van der Waals surface area contributed by atoms with Crippen LogP contribution in [0.15, 0.2) is 5.03 Å². The minimum atomic E-state index is -5.90. The Morgan fingerprint density at radius 2 is 1.57 bits per heavy atom. The number of nitrogens with one attached hydrogen (secondary N) is 1. The Balaban J connectivity index is 2.14. The predicted molar refractivity (Wildman–Crippen MR) is 86.1 cm³/mol. The molecule has 1 saturated carbocycles. The first-order valence-electron chi connectivity index (χ1n) is 8.09. The zero-order valence-electron chi connectivity index (χ0n) is 14.7.